The van der Waals surface area contributed by atoms with E-state index in [9.17, 15) is 14.7 Å². The van der Waals surface area contributed by atoms with Gasteiger partial charge in [0.1, 0.15) is 13.2 Å². The molecule has 2 aliphatic heterocycles. The highest BCUT2D eigenvalue weighted by Gasteiger charge is 2.51. The molecular weight excluding hydrogens is 484 g/mol. The molecule has 0 aliphatic carbocycles. The summed E-state index contributed by atoms with van der Waals surface area (Å²) in [4.78, 5) is 30.2. The molecule has 0 saturated carbocycles. The lowest BCUT2D eigenvalue weighted by molar-refractivity contribution is -0.152. The lowest BCUT2D eigenvalue weighted by Crippen LogP contribution is -2.56. The van der Waals surface area contributed by atoms with Crippen LogP contribution in [0.1, 0.15) is 30.4 Å². The molecule has 3 N–H and O–H groups in total. The Morgan fingerprint density at radius 2 is 1.34 bits per heavy atom. The van der Waals surface area contributed by atoms with E-state index in [1.54, 1.807) is 0 Å². The van der Waals surface area contributed by atoms with E-state index in [4.69, 9.17) is 9.47 Å². The Morgan fingerprint density at radius 1 is 0.789 bits per heavy atom. The van der Waals surface area contributed by atoms with Gasteiger partial charge >= 0.3 is 12.1 Å². The number of hydrogen-bond acceptors (Lipinski definition) is 8. The van der Waals surface area contributed by atoms with E-state index in [2.05, 4.69) is 15.5 Å². The number of carbonyl (C=O) groups is 2. The van der Waals surface area contributed by atoms with E-state index in [1.165, 1.54) is 11.3 Å². The molecule has 3 atom stereocenters. The van der Waals surface area contributed by atoms with Gasteiger partial charge in [0, 0.05) is 26.2 Å². The van der Waals surface area contributed by atoms with Crippen molar-refractivity contribution >= 4 is 12.1 Å². The third-order valence-electron chi connectivity index (χ3n) is 7.12. The van der Waals surface area contributed by atoms with Gasteiger partial charge in [0.2, 0.25) is 0 Å². The number of benzene rings is 2. The summed E-state index contributed by atoms with van der Waals surface area (Å²) in [5.41, 5.74) is 1.70. The van der Waals surface area contributed by atoms with Gasteiger partial charge in [-0.15, -0.1) is 0 Å². The zero-order valence-corrected chi connectivity index (χ0v) is 22.0. The van der Waals surface area contributed by atoms with Crippen molar-refractivity contribution in [2.24, 2.45) is 0 Å². The van der Waals surface area contributed by atoms with E-state index in [0.29, 0.717) is 13.1 Å². The molecule has 2 aliphatic rings. The summed E-state index contributed by atoms with van der Waals surface area (Å²) in [5, 5.41) is 18.1. The first-order valence-corrected chi connectivity index (χ1v) is 13.6. The highest BCUT2D eigenvalue weighted by molar-refractivity contribution is 5.83. The molecule has 0 radical (unpaired) electrons. The Bertz CT molecular complexity index is 981. The number of ether oxygens (including phenoxy) is 2. The summed E-state index contributed by atoms with van der Waals surface area (Å²) in [6.07, 6.45) is 1.86. The molecule has 2 aromatic carbocycles. The molecule has 0 spiro atoms. The van der Waals surface area contributed by atoms with Crippen LogP contribution in [0.4, 0.5) is 4.79 Å². The van der Waals surface area contributed by atoms with E-state index < -0.39 is 30.3 Å². The quantitative estimate of drug-likeness (QED) is 0.494. The Labute approximate surface area is 225 Å². The van der Waals surface area contributed by atoms with Gasteiger partial charge in [-0.2, -0.15) is 0 Å². The van der Waals surface area contributed by atoms with Crippen LogP contribution in [0, 0.1) is 0 Å². The van der Waals surface area contributed by atoms with E-state index in [0.717, 1.165) is 50.1 Å². The van der Waals surface area contributed by atoms with Crippen LogP contribution >= 0.6 is 0 Å². The summed E-state index contributed by atoms with van der Waals surface area (Å²) in [5.74, 6) is -0.543. The van der Waals surface area contributed by atoms with Crippen LogP contribution in [0.25, 0.3) is 0 Å². The molecule has 4 rings (SSSR count). The number of esters is 1. The maximum Gasteiger partial charge on any atom is 0.410 e. The third kappa shape index (κ3) is 8.01. The molecule has 9 heteroatoms. The van der Waals surface area contributed by atoms with E-state index >= 15 is 0 Å². The van der Waals surface area contributed by atoms with Crippen molar-refractivity contribution in [3.63, 3.8) is 0 Å². The number of nitrogens with zero attached hydrogens (tertiary/aromatic N) is 2. The predicted molar refractivity (Wildman–Crippen MR) is 144 cm³/mol. The second kappa shape index (κ2) is 14.8. The zero-order chi connectivity index (χ0) is 26.6. The molecule has 2 saturated heterocycles. The second-order valence-corrected chi connectivity index (χ2v) is 9.89. The molecule has 2 aromatic rings. The number of hydrogen-bond donors (Lipinski definition) is 3. The van der Waals surface area contributed by atoms with Crippen molar-refractivity contribution in [1.82, 2.24) is 20.4 Å². The van der Waals surface area contributed by atoms with E-state index in [1.807, 2.05) is 60.7 Å². The van der Waals surface area contributed by atoms with Crippen molar-refractivity contribution in [3.8, 4) is 0 Å². The zero-order valence-electron chi connectivity index (χ0n) is 22.0. The predicted octanol–water partition coefficient (Wildman–Crippen LogP) is 2.15. The van der Waals surface area contributed by atoms with Gasteiger partial charge < -0.3 is 25.2 Å². The van der Waals surface area contributed by atoms with Crippen LogP contribution in [0.3, 0.4) is 0 Å². The number of likely N-dealkylation sites (tertiary alicyclic amines) is 1. The third-order valence-corrected chi connectivity index (χ3v) is 7.12. The lowest BCUT2D eigenvalue weighted by atomic mass is 10.0. The number of β-amino-alcohol motifs (C(OH)–C–C–N with tert-alkyl or cyclic N) is 1. The highest BCUT2D eigenvalue weighted by Crippen LogP contribution is 2.26. The molecular formula is C29H40N4O5. The summed E-state index contributed by atoms with van der Waals surface area (Å²) in [6, 6.07) is 17.2. The number of nitrogens with one attached hydrogen (secondary N) is 2. The Balaban J connectivity index is 1.50. The number of rotatable bonds is 6. The van der Waals surface area contributed by atoms with Gasteiger partial charge in [0.05, 0.1) is 18.7 Å². The average molecular weight is 525 g/mol. The van der Waals surface area contributed by atoms with Crippen molar-refractivity contribution in [1.29, 1.82) is 0 Å². The van der Waals surface area contributed by atoms with E-state index in [-0.39, 0.29) is 19.8 Å². The maximum atomic E-state index is 13.5. The van der Waals surface area contributed by atoms with Crippen LogP contribution in [0.2, 0.25) is 0 Å². The Kier molecular flexibility index (Phi) is 10.9. The van der Waals surface area contributed by atoms with Crippen LogP contribution in [0.5, 0.6) is 0 Å². The second-order valence-electron chi connectivity index (χ2n) is 9.89. The fourth-order valence-electron chi connectivity index (χ4n) is 5.11. The molecule has 0 aromatic heterocycles. The highest BCUT2D eigenvalue weighted by atomic mass is 16.6. The van der Waals surface area contributed by atoms with Crippen LogP contribution in [0.15, 0.2) is 60.7 Å². The summed E-state index contributed by atoms with van der Waals surface area (Å²) in [7, 11) is 0. The minimum atomic E-state index is -0.982. The molecule has 0 bridgehead atoms. The van der Waals surface area contributed by atoms with Gasteiger partial charge in [0.25, 0.3) is 0 Å². The van der Waals surface area contributed by atoms with Gasteiger partial charge in [-0.3, -0.25) is 9.80 Å². The first-order valence-electron chi connectivity index (χ1n) is 13.6. The maximum absolute atomic E-state index is 13.5. The Hall–Kier alpha value is -2.98. The molecule has 1 amide bonds. The number of aliphatic hydroxyl groups is 1. The first kappa shape index (κ1) is 28.0. The summed E-state index contributed by atoms with van der Waals surface area (Å²) >= 11 is 0. The smallest absolute Gasteiger partial charge is 0.410 e. The molecule has 2 fully saturated rings. The molecule has 0 unspecified atom stereocenters. The SMILES string of the molecule is O=C(OCc1ccccc1)[C@@H]1[C@H](N2CCNCCCCCNCC2)[C@@H](O)CN1C(=O)OCc1ccccc1. The van der Waals surface area contributed by atoms with Crippen molar-refractivity contribution in [2.45, 2.75) is 50.7 Å². The Morgan fingerprint density at radius 3 is 1.92 bits per heavy atom. The van der Waals surface area contributed by atoms with Crippen LogP contribution < -0.4 is 10.6 Å². The minimum Gasteiger partial charge on any atom is -0.459 e. The topological polar surface area (TPSA) is 103 Å². The average Bonchev–Trinajstić information content (AvgIpc) is 3.29. The summed E-state index contributed by atoms with van der Waals surface area (Å²) < 4.78 is 11.3. The number of amides is 1. The lowest BCUT2D eigenvalue weighted by Gasteiger charge is -2.35. The van der Waals surface area contributed by atoms with Crippen LogP contribution in [-0.2, 0) is 27.5 Å². The van der Waals surface area contributed by atoms with Crippen molar-refractivity contribution in [2.75, 3.05) is 45.8 Å². The van der Waals surface area contributed by atoms with Gasteiger partial charge in [-0.1, -0.05) is 67.1 Å². The summed E-state index contributed by atoms with van der Waals surface area (Å²) in [6.45, 7) is 4.78. The van der Waals surface area contributed by atoms with Gasteiger partial charge in [0.15, 0.2) is 6.04 Å². The molecule has 206 valence electrons. The van der Waals surface area contributed by atoms with Crippen LogP contribution in [-0.4, -0.2) is 91.0 Å². The fourth-order valence-corrected chi connectivity index (χ4v) is 5.11. The number of aliphatic hydroxyl groups excluding tert-OH is 1. The molecule has 9 nitrogen and oxygen atoms in total. The van der Waals surface area contributed by atoms with Crippen molar-refractivity contribution in [3.05, 3.63) is 71.8 Å². The minimum absolute atomic E-state index is 0.000745. The first-order chi connectivity index (χ1) is 18.6. The van der Waals surface area contributed by atoms with Gasteiger partial charge in [-0.25, -0.2) is 9.59 Å². The monoisotopic (exact) mass is 524 g/mol. The fraction of sp³-hybridized carbons (Fsp3) is 0.517. The standard InChI is InChI=1S/C29H40N4O5/c34-25-20-33(29(36)38-22-24-12-6-2-7-13-24)27(28(35)37-21-23-10-4-1-5-11-23)26(25)32-18-16-30-14-8-3-9-15-31-17-19-32/h1-2,4-7,10-13,25-27,30-31,34H,3,8-9,14-22H2/t25-,26+,27-/m0/s1. The molecule has 38 heavy (non-hydrogen) atoms. The normalized spacial score (nSPS) is 23.7. The largest absolute Gasteiger partial charge is 0.459 e. The molecule has 2 heterocycles. The van der Waals surface area contributed by atoms with Crippen molar-refractivity contribution < 1.29 is 24.2 Å². The van der Waals surface area contributed by atoms with Gasteiger partial charge in [-0.05, 0) is 37.1 Å². The number of carbonyl (C=O) groups excluding carboxylic acids is 2.